The van der Waals surface area contributed by atoms with Crippen molar-refractivity contribution in [3.63, 3.8) is 0 Å². The van der Waals surface area contributed by atoms with Gasteiger partial charge in [-0.3, -0.25) is 0 Å². The summed E-state index contributed by atoms with van der Waals surface area (Å²) in [5, 5.41) is 0. The fourth-order valence-corrected chi connectivity index (χ4v) is 2.95. The van der Waals surface area contributed by atoms with Crippen LogP contribution in [0.3, 0.4) is 0 Å². The molecule has 0 fully saturated rings. The molecule has 29 heavy (non-hydrogen) atoms. The maximum atomic E-state index is 12.8. The first kappa shape index (κ1) is 20.5. The number of esters is 1. The molecule has 0 atom stereocenters. The molecule has 0 N–H and O–H groups in total. The quantitative estimate of drug-likeness (QED) is 0.277. The maximum absolute atomic E-state index is 12.8. The molecule has 0 heterocycles. The highest BCUT2D eigenvalue weighted by Crippen LogP contribution is 2.29. The number of rotatable bonds is 8. The minimum atomic E-state index is -0.433. The zero-order valence-corrected chi connectivity index (χ0v) is 17.1. The van der Waals surface area contributed by atoms with Gasteiger partial charge in [0.1, 0.15) is 36.0 Å². The molecule has 4 nitrogen and oxygen atoms in total. The van der Waals surface area contributed by atoms with Crippen LogP contribution < -0.4 is 14.2 Å². The van der Waals surface area contributed by atoms with Crippen LogP contribution in [0.4, 0.5) is 0 Å². The molecule has 0 radical (unpaired) electrons. The third-order valence-corrected chi connectivity index (χ3v) is 4.45. The van der Waals surface area contributed by atoms with E-state index < -0.39 is 5.97 Å². The highest BCUT2D eigenvalue weighted by atomic mass is 16.5. The summed E-state index contributed by atoms with van der Waals surface area (Å²) in [5.41, 5.74) is 2.43. The largest absolute Gasteiger partial charge is 0.490 e. The van der Waals surface area contributed by atoms with Gasteiger partial charge in [-0.05, 0) is 54.3 Å². The van der Waals surface area contributed by atoms with E-state index >= 15 is 0 Å². The Labute approximate surface area is 172 Å². The Kier molecular flexibility index (Phi) is 6.90. The molecule has 0 aromatic heterocycles. The monoisotopic (exact) mass is 390 g/mol. The van der Waals surface area contributed by atoms with Gasteiger partial charge in [-0.2, -0.15) is 0 Å². The van der Waals surface area contributed by atoms with Crippen molar-refractivity contribution >= 4 is 5.97 Å². The summed E-state index contributed by atoms with van der Waals surface area (Å²) in [6.07, 6.45) is 0. The molecule has 0 saturated heterocycles. The Bertz CT molecular complexity index is 948. The third-order valence-electron chi connectivity index (χ3n) is 4.45. The number of ether oxygens (including phenoxy) is 3. The van der Waals surface area contributed by atoms with E-state index in [9.17, 15) is 4.79 Å². The fraction of sp³-hybridized carbons (Fsp3) is 0.240. The maximum Gasteiger partial charge on any atom is 0.347 e. The standard InChI is InChI=1S/C25H26O4/c1-18(2)21-14-13-19(3)17-24(21)29-25(26)22-11-7-8-12-23(22)28-16-15-27-20-9-5-4-6-10-20/h4-14,17-18H,15-16H2,1-3H3. The minimum absolute atomic E-state index is 0.250. The lowest BCUT2D eigenvalue weighted by atomic mass is 10.0. The van der Waals surface area contributed by atoms with Crippen molar-refractivity contribution in [3.8, 4) is 17.2 Å². The van der Waals surface area contributed by atoms with E-state index in [4.69, 9.17) is 14.2 Å². The van der Waals surface area contributed by atoms with E-state index in [-0.39, 0.29) is 5.92 Å². The second-order valence-corrected chi connectivity index (χ2v) is 7.09. The molecule has 0 unspecified atom stereocenters. The number of benzene rings is 3. The Hall–Kier alpha value is -3.27. The topological polar surface area (TPSA) is 44.8 Å². The summed E-state index contributed by atoms with van der Waals surface area (Å²) in [6.45, 7) is 6.83. The van der Waals surface area contributed by atoms with Crippen molar-refractivity contribution in [2.45, 2.75) is 26.7 Å². The van der Waals surface area contributed by atoms with E-state index in [2.05, 4.69) is 13.8 Å². The van der Waals surface area contributed by atoms with Gasteiger partial charge in [-0.1, -0.05) is 56.3 Å². The van der Waals surface area contributed by atoms with Gasteiger partial charge in [0, 0.05) is 0 Å². The Morgan fingerprint density at radius 3 is 2.28 bits per heavy atom. The van der Waals surface area contributed by atoms with Gasteiger partial charge in [0.25, 0.3) is 0 Å². The summed E-state index contributed by atoms with van der Waals surface area (Å²) in [6, 6.07) is 22.6. The van der Waals surface area contributed by atoms with Crippen molar-refractivity contribution in [2.75, 3.05) is 13.2 Å². The highest BCUT2D eigenvalue weighted by molar-refractivity contribution is 5.94. The SMILES string of the molecule is Cc1ccc(C(C)C)c(OC(=O)c2ccccc2OCCOc2ccccc2)c1. The van der Waals surface area contributed by atoms with Crippen LogP contribution in [0.1, 0.15) is 41.3 Å². The zero-order chi connectivity index (χ0) is 20.6. The first-order valence-corrected chi connectivity index (χ1v) is 9.77. The molecule has 0 bridgehead atoms. The normalized spacial score (nSPS) is 10.6. The number of aryl methyl sites for hydroxylation is 1. The van der Waals surface area contributed by atoms with Crippen LogP contribution in [0.25, 0.3) is 0 Å². The van der Waals surface area contributed by atoms with E-state index in [0.29, 0.717) is 30.3 Å². The molecule has 0 saturated carbocycles. The van der Waals surface area contributed by atoms with Crippen molar-refractivity contribution in [2.24, 2.45) is 0 Å². The average Bonchev–Trinajstić information content (AvgIpc) is 2.72. The Balaban J connectivity index is 1.67. The molecular formula is C25H26O4. The summed E-state index contributed by atoms with van der Waals surface area (Å²) >= 11 is 0. The van der Waals surface area contributed by atoms with Crippen molar-refractivity contribution in [1.29, 1.82) is 0 Å². The van der Waals surface area contributed by atoms with Crippen LogP contribution in [0.15, 0.2) is 72.8 Å². The van der Waals surface area contributed by atoms with Crippen molar-refractivity contribution in [1.82, 2.24) is 0 Å². The van der Waals surface area contributed by atoms with Crippen LogP contribution in [-0.2, 0) is 0 Å². The van der Waals surface area contributed by atoms with Gasteiger partial charge in [0.2, 0.25) is 0 Å². The molecule has 0 aliphatic heterocycles. The second-order valence-electron chi connectivity index (χ2n) is 7.09. The predicted octanol–water partition coefficient (Wildman–Crippen LogP) is 5.80. The smallest absolute Gasteiger partial charge is 0.347 e. The van der Waals surface area contributed by atoms with E-state index in [1.165, 1.54) is 0 Å². The van der Waals surface area contributed by atoms with Crippen molar-refractivity contribution in [3.05, 3.63) is 89.5 Å². The van der Waals surface area contributed by atoms with Crippen LogP contribution >= 0.6 is 0 Å². The summed E-state index contributed by atoms with van der Waals surface area (Å²) < 4.78 is 17.2. The van der Waals surface area contributed by atoms with Crippen LogP contribution in [-0.4, -0.2) is 19.2 Å². The predicted molar refractivity (Wildman–Crippen MR) is 114 cm³/mol. The molecular weight excluding hydrogens is 364 g/mol. The number of carbonyl (C=O) groups is 1. The van der Waals surface area contributed by atoms with E-state index in [1.54, 1.807) is 18.2 Å². The number of hydrogen-bond donors (Lipinski definition) is 0. The first-order valence-electron chi connectivity index (χ1n) is 9.77. The molecule has 0 spiro atoms. The molecule has 3 aromatic rings. The summed E-state index contributed by atoms with van der Waals surface area (Å²) in [7, 11) is 0. The molecule has 0 aliphatic carbocycles. The number of hydrogen-bond acceptors (Lipinski definition) is 4. The van der Waals surface area contributed by atoms with Crippen LogP contribution in [0.2, 0.25) is 0 Å². The Morgan fingerprint density at radius 2 is 1.52 bits per heavy atom. The lowest BCUT2D eigenvalue weighted by Gasteiger charge is -2.15. The highest BCUT2D eigenvalue weighted by Gasteiger charge is 2.17. The van der Waals surface area contributed by atoms with E-state index in [1.807, 2.05) is 61.5 Å². The number of para-hydroxylation sites is 2. The Morgan fingerprint density at radius 1 is 0.828 bits per heavy atom. The summed E-state index contributed by atoms with van der Waals surface area (Å²) in [4.78, 5) is 12.8. The van der Waals surface area contributed by atoms with Crippen molar-refractivity contribution < 1.29 is 19.0 Å². The number of carbonyl (C=O) groups excluding carboxylic acids is 1. The van der Waals surface area contributed by atoms with E-state index in [0.717, 1.165) is 16.9 Å². The molecule has 3 aromatic carbocycles. The fourth-order valence-electron chi connectivity index (χ4n) is 2.95. The molecule has 4 heteroatoms. The average molecular weight is 390 g/mol. The van der Waals surface area contributed by atoms with Gasteiger partial charge in [-0.25, -0.2) is 4.79 Å². The zero-order valence-electron chi connectivity index (χ0n) is 17.1. The molecule has 0 aliphatic rings. The second kappa shape index (κ2) is 9.78. The van der Waals surface area contributed by atoms with Gasteiger partial charge in [-0.15, -0.1) is 0 Å². The van der Waals surface area contributed by atoms with Gasteiger partial charge >= 0.3 is 5.97 Å². The van der Waals surface area contributed by atoms with Gasteiger partial charge < -0.3 is 14.2 Å². The first-order chi connectivity index (χ1) is 14.0. The van der Waals surface area contributed by atoms with Crippen LogP contribution in [0, 0.1) is 6.92 Å². The third kappa shape index (κ3) is 5.61. The minimum Gasteiger partial charge on any atom is -0.490 e. The molecule has 150 valence electrons. The lowest BCUT2D eigenvalue weighted by molar-refractivity contribution is 0.0727. The summed E-state index contributed by atoms with van der Waals surface area (Å²) in [5.74, 6) is 1.67. The van der Waals surface area contributed by atoms with Gasteiger partial charge in [0.05, 0.1) is 0 Å². The molecule has 0 amide bonds. The van der Waals surface area contributed by atoms with Crippen LogP contribution in [0.5, 0.6) is 17.2 Å². The van der Waals surface area contributed by atoms with Gasteiger partial charge in [0.15, 0.2) is 0 Å². The lowest BCUT2D eigenvalue weighted by Crippen LogP contribution is -2.14. The molecule has 3 rings (SSSR count).